The number of esters is 1. The van der Waals surface area contributed by atoms with Crippen molar-refractivity contribution in [3.05, 3.63) is 90.0 Å². The van der Waals surface area contributed by atoms with Crippen molar-refractivity contribution in [2.75, 3.05) is 7.11 Å². The van der Waals surface area contributed by atoms with Gasteiger partial charge in [-0.15, -0.1) is 0 Å². The summed E-state index contributed by atoms with van der Waals surface area (Å²) in [4.78, 5) is 11.5. The lowest BCUT2D eigenvalue weighted by molar-refractivity contribution is -0.140. The molecule has 3 rings (SSSR count). The maximum atomic E-state index is 11.5. The summed E-state index contributed by atoms with van der Waals surface area (Å²) in [6.45, 7) is 6.56. The van der Waals surface area contributed by atoms with E-state index in [1.54, 1.807) is 0 Å². The lowest BCUT2D eigenvalue weighted by Crippen LogP contribution is -2.18. The molecule has 0 unspecified atom stereocenters. The summed E-state index contributed by atoms with van der Waals surface area (Å²) in [5.74, 6) is 0.701. The number of rotatable bonds is 7. The summed E-state index contributed by atoms with van der Waals surface area (Å²) >= 11 is 0. The number of carbonyl (C=O) groups excluding carboxylic acids is 1. The molecule has 3 aromatic carbocycles. The predicted octanol–water partition coefficient (Wildman–Crippen LogP) is 5.52. The molecular formula is C26H29O3P. The van der Waals surface area contributed by atoms with Crippen molar-refractivity contribution in [2.24, 2.45) is 0 Å². The van der Waals surface area contributed by atoms with E-state index in [1.165, 1.54) is 17.7 Å². The molecule has 0 saturated carbocycles. The molecule has 0 fully saturated rings. The van der Waals surface area contributed by atoms with Gasteiger partial charge in [-0.1, -0.05) is 93.6 Å². The van der Waals surface area contributed by atoms with Crippen molar-refractivity contribution >= 4 is 24.7 Å². The first-order chi connectivity index (χ1) is 14.4. The Labute approximate surface area is 180 Å². The quantitative estimate of drug-likeness (QED) is 0.373. The van der Waals surface area contributed by atoms with Gasteiger partial charge in [-0.05, 0) is 23.5 Å². The lowest BCUT2D eigenvalue weighted by Gasteiger charge is -2.27. The number of hydrogen-bond acceptors (Lipinski definition) is 3. The summed E-state index contributed by atoms with van der Waals surface area (Å²) in [5, 5.41) is 2.35. The van der Waals surface area contributed by atoms with Gasteiger partial charge < -0.3 is 9.26 Å². The van der Waals surface area contributed by atoms with Crippen molar-refractivity contribution in [2.45, 2.75) is 39.0 Å². The van der Waals surface area contributed by atoms with Crippen LogP contribution >= 0.6 is 8.15 Å². The number of benzene rings is 3. The third-order valence-corrected chi connectivity index (χ3v) is 6.78. The van der Waals surface area contributed by atoms with Crippen LogP contribution < -0.4 is 15.1 Å². The van der Waals surface area contributed by atoms with E-state index in [9.17, 15) is 4.79 Å². The first-order valence-corrected chi connectivity index (χ1v) is 11.4. The largest absolute Gasteiger partial charge is 0.469 e. The molecule has 0 saturated heterocycles. The van der Waals surface area contributed by atoms with Gasteiger partial charge in [0.25, 0.3) is 0 Å². The molecule has 156 valence electrons. The van der Waals surface area contributed by atoms with Crippen molar-refractivity contribution < 1.29 is 14.1 Å². The van der Waals surface area contributed by atoms with Gasteiger partial charge in [0.1, 0.15) is 5.75 Å². The maximum Gasteiger partial charge on any atom is 0.305 e. The Kier molecular flexibility index (Phi) is 7.29. The first kappa shape index (κ1) is 22.1. The Morgan fingerprint density at radius 3 is 1.93 bits per heavy atom. The van der Waals surface area contributed by atoms with Crippen LogP contribution in [0, 0.1) is 0 Å². The molecule has 3 aromatic rings. The minimum Gasteiger partial charge on any atom is -0.469 e. The highest BCUT2D eigenvalue weighted by Crippen LogP contribution is 2.41. The van der Waals surface area contributed by atoms with Crippen molar-refractivity contribution in [1.29, 1.82) is 0 Å². The molecule has 0 heterocycles. The smallest absolute Gasteiger partial charge is 0.305 e. The predicted molar refractivity (Wildman–Crippen MR) is 125 cm³/mol. The summed E-state index contributed by atoms with van der Waals surface area (Å²) in [5.41, 5.74) is 2.16. The second-order valence-corrected chi connectivity index (χ2v) is 10.0. The molecule has 0 radical (unpaired) electrons. The van der Waals surface area contributed by atoms with Crippen LogP contribution in [0.15, 0.2) is 78.9 Å². The van der Waals surface area contributed by atoms with Gasteiger partial charge in [0, 0.05) is 22.6 Å². The molecule has 0 aromatic heterocycles. The minimum atomic E-state index is -0.995. The second-order valence-electron chi connectivity index (χ2n) is 8.21. The topological polar surface area (TPSA) is 35.5 Å². The van der Waals surface area contributed by atoms with E-state index < -0.39 is 8.15 Å². The zero-order valence-electron chi connectivity index (χ0n) is 18.1. The monoisotopic (exact) mass is 420 g/mol. The fourth-order valence-corrected chi connectivity index (χ4v) is 4.98. The molecule has 0 N–H and O–H groups in total. The number of carbonyl (C=O) groups is 1. The van der Waals surface area contributed by atoms with E-state index >= 15 is 0 Å². The fourth-order valence-electron chi connectivity index (χ4n) is 3.23. The Balaban J connectivity index is 1.97. The molecule has 0 aliphatic rings. The number of hydrogen-bond donors (Lipinski definition) is 0. The molecule has 4 heteroatoms. The van der Waals surface area contributed by atoms with Crippen molar-refractivity contribution in [3.8, 4) is 5.75 Å². The third-order valence-electron chi connectivity index (χ3n) is 4.87. The van der Waals surface area contributed by atoms with E-state index in [0.29, 0.717) is 12.8 Å². The Bertz CT molecular complexity index is 923. The highest BCUT2D eigenvalue weighted by atomic mass is 31.1. The number of aryl methyl sites for hydroxylation is 1. The van der Waals surface area contributed by atoms with E-state index in [-0.39, 0.29) is 11.4 Å². The first-order valence-electron chi connectivity index (χ1n) is 10.2. The van der Waals surface area contributed by atoms with Gasteiger partial charge in [0.15, 0.2) is 8.15 Å². The van der Waals surface area contributed by atoms with Gasteiger partial charge in [-0.3, -0.25) is 4.79 Å². The van der Waals surface area contributed by atoms with E-state index in [2.05, 4.69) is 87.5 Å². The van der Waals surface area contributed by atoms with Crippen LogP contribution in [0.1, 0.15) is 38.3 Å². The molecule has 0 amide bonds. The summed E-state index contributed by atoms with van der Waals surface area (Å²) in [7, 11) is 0.431. The van der Waals surface area contributed by atoms with E-state index in [0.717, 1.165) is 16.9 Å². The van der Waals surface area contributed by atoms with Gasteiger partial charge in [0.2, 0.25) is 0 Å². The summed E-state index contributed by atoms with van der Waals surface area (Å²) in [6, 6.07) is 27.0. The highest BCUT2D eigenvalue weighted by Gasteiger charge is 2.24. The molecule has 0 aliphatic carbocycles. The summed E-state index contributed by atoms with van der Waals surface area (Å²) < 4.78 is 11.5. The van der Waals surface area contributed by atoms with Gasteiger partial charge >= 0.3 is 5.97 Å². The molecule has 0 spiro atoms. The maximum absolute atomic E-state index is 11.5. The van der Waals surface area contributed by atoms with Crippen LogP contribution in [0.5, 0.6) is 5.75 Å². The summed E-state index contributed by atoms with van der Waals surface area (Å²) in [6.07, 6.45) is 1.03. The average Bonchev–Trinajstić information content (AvgIpc) is 2.76. The standard InChI is InChI=1S/C26H29O3P/c1-26(2,3)23-19-20(16-18-25(27)28-4)15-17-24(23)29-30(21-11-7-5-8-12-21)22-13-9-6-10-14-22/h5-15,17,19H,16,18H2,1-4H3. The normalized spacial score (nSPS) is 11.4. The van der Waals surface area contributed by atoms with Crippen LogP contribution in [0.3, 0.4) is 0 Å². The molecule has 3 nitrogen and oxygen atoms in total. The molecule has 0 atom stereocenters. The molecule has 0 bridgehead atoms. The van der Waals surface area contributed by atoms with Crippen LogP contribution in [-0.2, 0) is 21.4 Å². The van der Waals surface area contributed by atoms with Crippen LogP contribution in [-0.4, -0.2) is 13.1 Å². The Morgan fingerprint density at radius 1 is 0.867 bits per heavy atom. The van der Waals surface area contributed by atoms with Crippen LogP contribution in [0.2, 0.25) is 0 Å². The van der Waals surface area contributed by atoms with Crippen molar-refractivity contribution in [1.82, 2.24) is 0 Å². The zero-order chi connectivity index (χ0) is 21.6. The third kappa shape index (κ3) is 5.70. The molecule has 0 aliphatic heterocycles. The second kappa shape index (κ2) is 9.91. The lowest BCUT2D eigenvalue weighted by atomic mass is 9.85. The van der Waals surface area contributed by atoms with Gasteiger partial charge in [0.05, 0.1) is 7.11 Å². The Hall–Kier alpha value is -2.64. The number of methoxy groups -OCH3 is 1. The molecular weight excluding hydrogens is 391 g/mol. The Morgan fingerprint density at radius 2 is 1.43 bits per heavy atom. The van der Waals surface area contributed by atoms with Crippen molar-refractivity contribution in [3.63, 3.8) is 0 Å². The van der Waals surface area contributed by atoms with Gasteiger partial charge in [-0.25, -0.2) is 0 Å². The average molecular weight is 420 g/mol. The molecule has 30 heavy (non-hydrogen) atoms. The zero-order valence-corrected chi connectivity index (χ0v) is 19.0. The van der Waals surface area contributed by atoms with E-state index in [4.69, 9.17) is 9.26 Å². The SMILES string of the molecule is COC(=O)CCc1ccc(OP(c2ccccc2)c2ccccc2)c(C(C)(C)C)c1. The highest BCUT2D eigenvalue weighted by molar-refractivity contribution is 7.68. The minimum absolute atomic E-state index is 0.0923. The van der Waals surface area contributed by atoms with Crippen LogP contribution in [0.25, 0.3) is 0 Å². The van der Waals surface area contributed by atoms with Crippen LogP contribution in [0.4, 0.5) is 0 Å². The number of ether oxygens (including phenoxy) is 1. The van der Waals surface area contributed by atoms with Gasteiger partial charge in [-0.2, -0.15) is 0 Å². The fraction of sp³-hybridized carbons (Fsp3) is 0.269. The van der Waals surface area contributed by atoms with E-state index in [1.807, 2.05) is 12.1 Å².